The van der Waals surface area contributed by atoms with Crippen LogP contribution in [0.4, 0.5) is 0 Å². The van der Waals surface area contributed by atoms with Crippen molar-refractivity contribution >= 4 is 37.5 Å². The Morgan fingerprint density at radius 2 is 1.94 bits per heavy atom. The smallest absolute Gasteiger partial charge is 0.125 e. The van der Waals surface area contributed by atoms with Gasteiger partial charge in [-0.05, 0) is 30.7 Å². The SMILES string of the molecule is Cc1ccc2sc(-c3ccccc3Br)nc2c1. The van der Waals surface area contributed by atoms with Crippen molar-refractivity contribution in [3.63, 3.8) is 0 Å². The van der Waals surface area contributed by atoms with Gasteiger partial charge >= 0.3 is 0 Å². The van der Waals surface area contributed by atoms with Crippen LogP contribution in [0.2, 0.25) is 0 Å². The molecule has 0 aliphatic rings. The first-order valence-electron chi connectivity index (χ1n) is 5.36. The van der Waals surface area contributed by atoms with E-state index in [1.54, 1.807) is 11.3 Å². The third kappa shape index (κ3) is 2.01. The van der Waals surface area contributed by atoms with Crippen molar-refractivity contribution in [2.45, 2.75) is 6.92 Å². The molecule has 0 aliphatic heterocycles. The van der Waals surface area contributed by atoms with Gasteiger partial charge in [-0.1, -0.05) is 40.2 Å². The lowest BCUT2D eigenvalue weighted by molar-refractivity contribution is 1.43. The first-order valence-corrected chi connectivity index (χ1v) is 6.97. The van der Waals surface area contributed by atoms with Crippen molar-refractivity contribution in [1.29, 1.82) is 0 Å². The number of aryl methyl sites for hydroxylation is 1. The summed E-state index contributed by atoms with van der Waals surface area (Å²) < 4.78 is 2.33. The second-order valence-corrected chi connectivity index (χ2v) is 5.86. The summed E-state index contributed by atoms with van der Waals surface area (Å²) in [5.74, 6) is 0. The first-order chi connectivity index (χ1) is 8.24. The van der Waals surface area contributed by atoms with Crippen molar-refractivity contribution in [2.75, 3.05) is 0 Å². The lowest BCUT2D eigenvalue weighted by Crippen LogP contribution is -1.77. The highest BCUT2D eigenvalue weighted by molar-refractivity contribution is 9.10. The van der Waals surface area contributed by atoms with Crippen molar-refractivity contribution in [3.05, 3.63) is 52.5 Å². The number of halogens is 1. The van der Waals surface area contributed by atoms with Gasteiger partial charge in [0.2, 0.25) is 0 Å². The van der Waals surface area contributed by atoms with Crippen LogP contribution in [-0.4, -0.2) is 4.98 Å². The van der Waals surface area contributed by atoms with E-state index >= 15 is 0 Å². The van der Waals surface area contributed by atoms with Crippen LogP contribution in [-0.2, 0) is 0 Å². The van der Waals surface area contributed by atoms with Gasteiger partial charge in [0.25, 0.3) is 0 Å². The zero-order valence-electron chi connectivity index (χ0n) is 9.27. The molecular weight excluding hydrogens is 294 g/mol. The zero-order valence-corrected chi connectivity index (χ0v) is 11.7. The molecular formula is C14H10BrNS. The zero-order chi connectivity index (χ0) is 11.8. The van der Waals surface area contributed by atoms with Gasteiger partial charge in [0.05, 0.1) is 10.2 Å². The van der Waals surface area contributed by atoms with Crippen LogP contribution in [0.25, 0.3) is 20.8 Å². The minimum Gasteiger partial charge on any atom is -0.236 e. The number of thiazole rings is 1. The van der Waals surface area contributed by atoms with Gasteiger partial charge < -0.3 is 0 Å². The van der Waals surface area contributed by atoms with E-state index in [2.05, 4.69) is 47.1 Å². The molecule has 3 heteroatoms. The molecule has 84 valence electrons. The third-order valence-corrected chi connectivity index (χ3v) is 4.41. The molecule has 2 aromatic carbocycles. The van der Waals surface area contributed by atoms with Crippen LogP contribution in [0.5, 0.6) is 0 Å². The van der Waals surface area contributed by atoms with E-state index in [9.17, 15) is 0 Å². The molecule has 0 aliphatic carbocycles. The summed E-state index contributed by atoms with van der Waals surface area (Å²) in [4.78, 5) is 4.69. The summed E-state index contributed by atoms with van der Waals surface area (Å²) in [5.41, 5.74) is 3.49. The predicted octanol–water partition coefficient (Wildman–Crippen LogP) is 5.03. The fourth-order valence-corrected chi connectivity index (χ4v) is 3.38. The molecule has 0 amide bonds. The third-order valence-electron chi connectivity index (χ3n) is 2.65. The van der Waals surface area contributed by atoms with Gasteiger partial charge in [-0.3, -0.25) is 0 Å². The van der Waals surface area contributed by atoms with Crippen molar-refractivity contribution in [1.82, 2.24) is 4.98 Å². The summed E-state index contributed by atoms with van der Waals surface area (Å²) >= 11 is 5.30. The van der Waals surface area contributed by atoms with Crippen LogP contribution in [0.15, 0.2) is 46.9 Å². The molecule has 0 N–H and O–H groups in total. The molecule has 0 bridgehead atoms. The quantitative estimate of drug-likeness (QED) is 0.614. The molecule has 0 fully saturated rings. The van der Waals surface area contributed by atoms with Crippen molar-refractivity contribution in [2.24, 2.45) is 0 Å². The number of rotatable bonds is 1. The van der Waals surface area contributed by atoms with E-state index in [4.69, 9.17) is 4.98 Å². The van der Waals surface area contributed by atoms with Crippen LogP contribution < -0.4 is 0 Å². The van der Waals surface area contributed by atoms with Crippen molar-refractivity contribution < 1.29 is 0 Å². The highest BCUT2D eigenvalue weighted by Gasteiger charge is 2.08. The molecule has 3 aromatic rings. The minimum atomic E-state index is 1.07. The van der Waals surface area contributed by atoms with Crippen LogP contribution in [0, 0.1) is 6.92 Å². The molecule has 17 heavy (non-hydrogen) atoms. The average molecular weight is 304 g/mol. The Kier molecular flexibility index (Phi) is 2.73. The van der Waals surface area contributed by atoms with E-state index in [1.807, 2.05) is 18.2 Å². The van der Waals surface area contributed by atoms with Gasteiger partial charge in [-0.25, -0.2) is 4.98 Å². The van der Waals surface area contributed by atoms with E-state index in [-0.39, 0.29) is 0 Å². The van der Waals surface area contributed by atoms with Gasteiger partial charge in [0, 0.05) is 10.0 Å². The highest BCUT2D eigenvalue weighted by atomic mass is 79.9. The molecule has 0 saturated carbocycles. The number of hydrogen-bond donors (Lipinski definition) is 0. The Morgan fingerprint density at radius 1 is 1.12 bits per heavy atom. The summed E-state index contributed by atoms with van der Waals surface area (Å²) in [6.45, 7) is 2.09. The number of fused-ring (bicyclic) bond motifs is 1. The highest BCUT2D eigenvalue weighted by Crippen LogP contribution is 2.34. The van der Waals surface area contributed by atoms with Crippen molar-refractivity contribution in [3.8, 4) is 10.6 Å². The maximum atomic E-state index is 4.69. The monoisotopic (exact) mass is 303 g/mol. The summed E-state index contributed by atoms with van der Waals surface area (Å²) in [5, 5.41) is 1.07. The molecule has 0 saturated heterocycles. The number of aromatic nitrogens is 1. The number of nitrogens with zero attached hydrogens (tertiary/aromatic N) is 1. The van der Waals surface area contributed by atoms with Crippen LogP contribution in [0.3, 0.4) is 0 Å². The largest absolute Gasteiger partial charge is 0.236 e. The lowest BCUT2D eigenvalue weighted by Gasteiger charge is -1.97. The van der Waals surface area contributed by atoms with E-state index in [0.29, 0.717) is 0 Å². The Labute approximate surface area is 112 Å². The molecule has 0 atom stereocenters. The summed E-state index contributed by atoms with van der Waals surface area (Å²) in [6.07, 6.45) is 0. The second kappa shape index (κ2) is 4.24. The van der Waals surface area contributed by atoms with E-state index in [0.717, 1.165) is 20.6 Å². The maximum absolute atomic E-state index is 4.69. The second-order valence-electron chi connectivity index (χ2n) is 3.97. The number of hydrogen-bond acceptors (Lipinski definition) is 2. The molecule has 1 aromatic heterocycles. The van der Waals surface area contributed by atoms with Gasteiger partial charge in [0.1, 0.15) is 5.01 Å². The Morgan fingerprint density at radius 3 is 2.76 bits per heavy atom. The minimum absolute atomic E-state index is 1.07. The summed E-state index contributed by atoms with van der Waals surface area (Å²) in [7, 11) is 0. The normalized spacial score (nSPS) is 10.9. The van der Waals surface area contributed by atoms with Gasteiger partial charge in [-0.2, -0.15) is 0 Å². The fourth-order valence-electron chi connectivity index (χ4n) is 1.79. The molecule has 0 radical (unpaired) electrons. The van der Waals surface area contributed by atoms with E-state index < -0.39 is 0 Å². The predicted molar refractivity (Wildman–Crippen MR) is 77.5 cm³/mol. The molecule has 1 heterocycles. The summed E-state index contributed by atoms with van der Waals surface area (Å²) in [6, 6.07) is 14.6. The van der Waals surface area contributed by atoms with Gasteiger partial charge in [-0.15, -0.1) is 11.3 Å². The maximum Gasteiger partial charge on any atom is 0.125 e. The molecule has 3 rings (SSSR count). The molecule has 0 unspecified atom stereocenters. The topological polar surface area (TPSA) is 12.9 Å². The fraction of sp³-hybridized carbons (Fsp3) is 0.0714. The Bertz CT molecular complexity index is 688. The van der Waals surface area contributed by atoms with E-state index in [1.165, 1.54) is 10.3 Å². The standard InChI is InChI=1S/C14H10BrNS/c1-9-6-7-13-12(8-9)16-14(17-13)10-4-2-3-5-11(10)15/h2-8H,1H3. The van der Waals surface area contributed by atoms with Crippen LogP contribution >= 0.6 is 27.3 Å². The molecule has 1 nitrogen and oxygen atoms in total. The van der Waals surface area contributed by atoms with Gasteiger partial charge in [0.15, 0.2) is 0 Å². The Hall–Kier alpha value is -1.19. The lowest BCUT2D eigenvalue weighted by atomic mass is 10.2. The van der Waals surface area contributed by atoms with Crippen LogP contribution in [0.1, 0.15) is 5.56 Å². The first kappa shape index (κ1) is 10.9. The Balaban J connectivity index is 2.22. The average Bonchev–Trinajstić information content (AvgIpc) is 2.72. The number of benzene rings is 2. The molecule has 0 spiro atoms.